The van der Waals surface area contributed by atoms with Gasteiger partial charge in [0.1, 0.15) is 24.5 Å². The van der Waals surface area contributed by atoms with Gasteiger partial charge in [-0.05, 0) is 29.8 Å². The predicted molar refractivity (Wildman–Crippen MR) is 102 cm³/mol. The lowest BCUT2D eigenvalue weighted by Gasteiger charge is -2.26. The first-order valence-electron chi connectivity index (χ1n) is 8.43. The summed E-state index contributed by atoms with van der Waals surface area (Å²) >= 11 is 0. The van der Waals surface area contributed by atoms with Crippen molar-refractivity contribution in [3.8, 4) is 5.75 Å². The number of nitrogens with zero attached hydrogens (tertiary/aromatic N) is 1. The fraction of sp³-hybridized carbons (Fsp3) is 0.136. The zero-order chi connectivity index (χ0) is 17.2. The Labute approximate surface area is 148 Å². The molecule has 0 radical (unpaired) electrons. The van der Waals surface area contributed by atoms with Crippen LogP contribution in [0.5, 0.6) is 5.75 Å². The van der Waals surface area contributed by atoms with Crippen LogP contribution in [0.15, 0.2) is 78.9 Å². The Balaban J connectivity index is 1.93. The molecule has 0 aromatic heterocycles. The van der Waals surface area contributed by atoms with Gasteiger partial charge in [0.2, 0.25) is 11.4 Å². The first-order chi connectivity index (χ1) is 12.3. The fourth-order valence-corrected chi connectivity index (χ4v) is 3.44. The smallest absolute Gasteiger partial charge is 0.232 e. The van der Waals surface area contributed by atoms with E-state index < -0.39 is 0 Å². The highest BCUT2D eigenvalue weighted by Gasteiger charge is 2.34. The molecule has 0 saturated heterocycles. The molecule has 3 aromatic rings. The molecular weight excluding hydrogens is 308 g/mol. The van der Waals surface area contributed by atoms with Crippen molar-refractivity contribution in [3.63, 3.8) is 0 Å². The summed E-state index contributed by atoms with van der Waals surface area (Å²) in [6.45, 7) is 0. The van der Waals surface area contributed by atoms with E-state index in [9.17, 15) is 0 Å². The second-order valence-electron chi connectivity index (χ2n) is 6.18. The molecule has 1 aliphatic heterocycles. The van der Waals surface area contributed by atoms with Crippen molar-refractivity contribution >= 4 is 17.1 Å². The molecule has 0 amide bonds. The maximum absolute atomic E-state index is 5.42. The van der Waals surface area contributed by atoms with Gasteiger partial charge in [-0.1, -0.05) is 48.5 Å². The number of fused-ring (bicyclic) bond motifs is 1. The lowest BCUT2D eigenvalue weighted by molar-refractivity contribution is -0.406. The molecule has 1 heterocycles. The number of hydrogen-bond donors (Lipinski definition) is 1. The van der Waals surface area contributed by atoms with Gasteiger partial charge < -0.3 is 10.1 Å². The summed E-state index contributed by atoms with van der Waals surface area (Å²) in [6, 6.07) is 27.4. The summed E-state index contributed by atoms with van der Waals surface area (Å²) in [7, 11) is 3.82. The van der Waals surface area contributed by atoms with Crippen LogP contribution in [-0.4, -0.2) is 24.4 Å². The van der Waals surface area contributed by atoms with Crippen LogP contribution >= 0.6 is 0 Å². The Morgan fingerprint density at radius 2 is 1.56 bits per heavy atom. The minimum Gasteiger partial charge on any atom is -0.497 e. The van der Waals surface area contributed by atoms with E-state index in [1.165, 1.54) is 16.8 Å². The van der Waals surface area contributed by atoms with Gasteiger partial charge in [0, 0.05) is 5.56 Å². The number of methoxy groups -OCH3 is 1. The van der Waals surface area contributed by atoms with Crippen LogP contribution in [0, 0.1) is 0 Å². The van der Waals surface area contributed by atoms with Crippen molar-refractivity contribution in [2.45, 2.75) is 6.04 Å². The third-order valence-corrected chi connectivity index (χ3v) is 4.70. The molecule has 25 heavy (non-hydrogen) atoms. The summed E-state index contributed by atoms with van der Waals surface area (Å²) < 4.78 is 7.68. The van der Waals surface area contributed by atoms with Crippen LogP contribution in [-0.2, 0) is 0 Å². The van der Waals surface area contributed by atoms with Crippen LogP contribution in [0.25, 0.3) is 0 Å². The van der Waals surface area contributed by atoms with Gasteiger partial charge in [0.05, 0.1) is 13.2 Å². The van der Waals surface area contributed by atoms with Crippen LogP contribution in [0.4, 0.5) is 11.4 Å². The van der Waals surface area contributed by atoms with E-state index in [-0.39, 0.29) is 6.04 Å². The topological polar surface area (TPSA) is 24.3 Å². The monoisotopic (exact) mass is 329 g/mol. The quantitative estimate of drug-likeness (QED) is 0.709. The molecule has 1 atom stereocenters. The molecule has 1 N–H and O–H groups in total. The maximum Gasteiger partial charge on any atom is 0.232 e. The number of nitrogens with one attached hydrogen (secondary N) is 1. The van der Waals surface area contributed by atoms with Gasteiger partial charge in [-0.15, -0.1) is 0 Å². The van der Waals surface area contributed by atoms with Crippen LogP contribution in [0.2, 0.25) is 0 Å². The number of benzene rings is 3. The standard InChI is InChI=1S/C22H21N2O/c1-24-20-15-18(25-2)13-14-19(20)23-21(16-9-5-3-6-10-16)22(24)17-11-7-4-8-12-17/h3-15,21,23H,1-2H3/q+1. The molecule has 0 saturated carbocycles. The van der Waals surface area contributed by atoms with Crippen molar-refractivity contribution in [1.82, 2.24) is 0 Å². The highest BCUT2D eigenvalue weighted by atomic mass is 16.5. The summed E-state index contributed by atoms with van der Waals surface area (Å²) in [5.74, 6) is 0.859. The maximum atomic E-state index is 5.42. The molecule has 0 spiro atoms. The van der Waals surface area contributed by atoms with Crippen molar-refractivity contribution in [2.75, 3.05) is 19.5 Å². The van der Waals surface area contributed by atoms with E-state index in [0.29, 0.717) is 0 Å². The number of rotatable bonds is 3. The molecule has 3 aromatic carbocycles. The minimum atomic E-state index is 0.0921. The van der Waals surface area contributed by atoms with E-state index in [1.807, 2.05) is 6.07 Å². The Morgan fingerprint density at radius 3 is 2.24 bits per heavy atom. The zero-order valence-electron chi connectivity index (χ0n) is 14.4. The second-order valence-corrected chi connectivity index (χ2v) is 6.18. The molecule has 0 aliphatic carbocycles. The van der Waals surface area contributed by atoms with Crippen molar-refractivity contribution in [2.24, 2.45) is 0 Å². The van der Waals surface area contributed by atoms with Gasteiger partial charge in [-0.25, -0.2) is 0 Å². The van der Waals surface area contributed by atoms with Gasteiger partial charge in [0.15, 0.2) is 0 Å². The molecular formula is C22H21N2O+. The first-order valence-corrected chi connectivity index (χ1v) is 8.43. The number of ether oxygens (including phenoxy) is 1. The van der Waals surface area contributed by atoms with E-state index >= 15 is 0 Å². The first kappa shape index (κ1) is 15.5. The molecule has 4 rings (SSSR count). The Morgan fingerprint density at radius 1 is 0.880 bits per heavy atom. The summed E-state index contributed by atoms with van der Waals surface area (Å²) in [4.78, 5) is 0. The molecule has 3 heteroatoms. The Hall–Kier alpha value is -3.07. The normalized spacial score (nSPS) is 16.2. The summed E-state index contributed by atoms with van der Waals surface area (Å²) in [6.07, 6.45) is 0. The zero-order valence-corrected chi connectivity index (χ0v) is 14.4. The molecule has 124 valence electrons. The minimum absolute atomic E-state index is 0.0921. The van der Waals surface area contributed by atoms with Gasteiger partial charge in [0.25, 0.3) is 0 Å². The van der Waals surface area contributed by atoms with Gasteiger partial charge in [-0.3, -0.25) is 0 Å². The number of hydrogen-bond acceptors (Lipinski definition) is 2. The van der Waals surface area contributed by atoms with E-state index in [2.05, 4.69) is 89.7 Å². The summed E-state index contributed by atoms with van der Waals surface area (Å²) in [5.41, 5.74) is 5.91. The lowest BCUT2D eigenvalue weighted by Crippen LogP contribution is -2.32. The van der Waals surface area contributed by atoms with Gasteiger partial charge in [-0.2, -0.15) is 4.58 Å². The van der Waals surface area contributed by atoms with Crippen LogP contribution < -0.4 is 10.1 Å². The predicted octanol–water partition coefficient (Wildman–Crippen LogP) is 4.63. The summed E-state index contributed by atoms with van der Waals surface area (Å²) in [5, 5.41) is 3.71. The largest absolute Gasteiger partial charge is 0.497 e. The molecule has 1 aliphatic rings. The SMILES string of the molecule is COc1ccc2c(c1)[N+](C)=C(c1ccccc1)C(c1ccccc1)N2. The molecule has 1 unspecified atom stereocenters. The van der Waals surface area contributed by atoms with Crippen molar-refractivity contribution in [1.29, 1.82) is 0 Å². The Bertz CT molecular complexity index is 917. The highest BCUT2D eigenvalue weighted by molar-refractivity contribution is 6.05. The second kappa shape index (κ2) is 6.44. The van der Waals surface area contributed by atoms with E-state index in [1.54, 1.807) is 7.11 Å². The van der Waals surface area contributed by atoms with Crippen LogP contribution in [0.3, 0.4) is 0 Å². The average molecular weight is 329 g/mol. The third kappa shape index (κ3) is 2.78. The van der Waals surface area contributed by atoms with E-state index in [4.69, 9.17) is 4.74 Å². The Kier molecular flexibility index (Phi) is 3.98. The van der Waals surface area contributed by atoms with Crippen molar-refractivity contribution in [3.05, 3.63) is 90.0 Å². The lowest BCUT2D eigenvalue weighted by atomic mass is 9.93. The fourth-order valence-electron chi connectivity index (χ4n) is 3.44. The van der Waals surface area contributed by atoms with Crippen LogP contribution in [0.1, 0.15) is 17.2 Å². The number of anilines is 1. The van der Waals surface area contributed by atoms with Gasteiger partial charge >= 0.3 is 0 Å². The average Bonchev–Trinajstić information content (AvgIpc) is 2.69. The highest BCUT2D eigenvalue weighted by Crippen LogP contribution is 2.37. The molecule has 0 bridgehead atoms. The third-order valence-electron chi connectivity index (χ3n) is 4.70. The molecule has 0 fully saturated rings. The molecule has 3 nitrogen and oxygen atoms in total. The van der Waals surface area contributed by atoms with E-state index in [0.717, 1.165) is 17.1 Å². The van der Waals surface area contributed by atoms with Crippen molar-refractivity contribution < 1.29 is 9.31 Å².